The molecule has 0 atom stereocenters. The normalized spacial score (nSPS) is 10.7. The molecule has 26 heavy (non-hydrogen) atoms. The van der Waals surface area contributed by atoms with Gasteiger partial charge in [0.2, 0.25) is 0 Å². The summed E-state index contributed by atoms with van der Waals surface area (Å²) in [5, 5.41) is 8.11. The van der Waals surface area contributed by atoms with E-state index in [-0.39, 0.29) is 5.91 Å². The number of carbonyl (C=O) groups excluding carboxylic acids is 1. The molecule has 0 fully saturated rings. The number of carbonyl (C=O) groups is 1. The maximum Gasteiger partial charge on any atom is 0.252 e. The Bertz CT molecular complexity index is 909. The van der Waals surface area contributed by atoms with Gasteiger partial charge in [0.15, 0.2) is 0 Å². The van der Waals surface area contributed by atoms with Crippen molar-refractivity contribution in [3.63, 3.8) is 0 Å². The van der Waals surface area contributed by atoms with Crippen LogP contribution in [0, 0.1) is 10.5 Å². The SMILES string of the molecule is Cc1nn(-c2ccccc2)cc1CCCNC(=O)c1cc(Cl)ccc1I. The van der Waals surface area contributed by atoms with Gasteiger partial charge < -0.3 is 5.32 Å². The lowest BCUT2D eigenvalue weighted by molar-refractivity contribution is 0.0952. The summed E-state index contributed by atoms with van der Waals surface area (Å²) in [6.45, 7) is 2.62. The fraction of sp³-hybridized carbons (Fsp3) is 0.200. The first-order valence-corrected chi connectivity index (χ1v) is 9.84. The predicted octanol–water partition coefficient (Wildman–Crippen LogP) is 4.80. The van der Waals surface area contributed by atoms with Crippen molar-refractivity contribution < 1.29 is 4.79 Å². The van der Waals surface area contributed by atoms with Crippen LogP contribution < -0.4 is 5.32 Å². The van der Waals surface area contributed by atoms with Crippen LogP contribution in [-0.4, -0.2) is 22.2 Å². The summed E-state index contributed by atoms with van der Waals surface area (Å²) in [5.74, 6) is -0.0893. The topological polar surface area (TPSA) is 46.9 Å². The van der Waals surface area contributed by atoms with Gasteiger partial charge in [0.25, 0.3) is 5.91 Å². The quantitative estimate of drug-likeness (QED) is 0.408. The van der Waals surface area contributed by atoms with E-state index in [1.165, 1.54) is 5.56 Å². The van der Waals surface area contributed by atoms with Crippen LogP contribution in [0.1, 0.15) is 28.0 Å². The highest BCUT2D eigenvalue weighted by Crippen LogP contribution is 2.18. The average molecular weight is 480 g/mol. The van der Waals surface area contributed by atoms with Crippen molar-refractivity contribution in [2.24, 2.45) is 0 Å². The van der Waals surface area contributed by atoms with Gasteiger partial charge >= 0.3 is 0 Å². The number of amides is 1. The van der Waals surface area contributed by atoms with E-state index in [4.69, 9.17) is 11.6 Å². The molecule has 3 rings (SSSR count). The van der Waals surface area contributed by atoms with Crippen molar-refractivity contribution in [2.75, 3.05) is 6.54 Å². The van der Waals surface area contributed by atoms with Gasteiger partial charge in [-0.05, 0) is 78.3 Å². The van der Waals surface area contributed by atoms with Crippen LogP contribution in [0.15, 0.2) is 54.7 Å². The van der Waals surface area contributed by atoms with E-state index < -0.39 is 0 Å². The summed E-state index contributed by atoms with van der Waals surface area (Å²) in [7, 11) is 0. The third kappa shape index (κ3) is 4.65. The molecule has 4 nitrogen and oxygen atoms in total. The maximum absolute atomic E-state index is 12.3. The molecule has 134 valence electrons. The zero-order valence-electron chi connectivity index (χ0n) is 14.4. The molecule has 0 saturated heterocycles. The van der Waals surface area contributed by atoms with Crippen molar-refractivity contribution in [2.45, 2.75) is 19.8 Å². The van der Waals surface area contributed by atoms with Gasteiger partial charge in [-0.15, -0.1) is 0 Å². The molecule has 1 amide bonds. The Kier molecular flexibility index (Phi) is 6.32. The van der Waals surface area contributed by atoms with Crippen molar-refractivity contribution >= 4 is 40.1 Å². The second-order valence-electron chi connectivity index (χ2n) is 6.00. The second kappa shape index (κ2) is 8.68. The molecular weight excluding hydrogens is 461 g/mol. The van der Waals surface area contributed by atoms with Gasteiger partial charge in [-0.2, -0.15) is 5.10 Å². The first-order chi connectivity index (χ1) is 12.5. The number of nitrogens with zero attached hydrogens (tertiary/aromatic N) is 2. The third-order valence-corrected chi connectivity index (χ3v) is 5.28. The number of halogens is 2. The monoisotopic (exact) mass is 479 g/mol. The Morgan fingerprint density at radius 2 is 2.00 bits per heavy atom. The molecule has 0 saturated carbocycles. The molecule has 1 N–H and O–H groups in total. The number of aromatic nitrogens is 2. The molecule has 0 aliphatic rings. The molecule has 0 bridgehead atoms. The van der Waals surface area contributed by atoms with Crippen LogP contribution in [0.4, 0.5) is 0 Å². The van der Waals surface area contributed by atoms with Crippen molar-refractivity contribution in [1.29, 1.82) is 0 Å². The van der Waals surface area contributed by atoms with Crippen LogP contribution in [0.5, 0.6) is 0 Å². The Morgan fingerprint density at radius 3 is 2.77 bits per heavy atom. The van der Waals surface area contributed by atoms with E-state index in [1.807, 2.05) is 48.0 Å². The van der Waals surface area contributed by atoms with Crippen LogP contribution in [-0.2, 0) is 6.42 Å². The molecule has 0 aliphatic carbocycles. The minimum Gasteiger partial charge on any atom is -0.352 e. The molecule has 0 unspecified atom stereocenters. The Morgan fingerprint density at radius 1 is 1.23 bits per heavy atom. The van der Waals surface area contributed by atoms with Gasteiger partial charge in [0.1, 0.15) is 0 Å². The van der Waals surface area contributed by atoms with Gasteiger partial charge in [0, 0.05) is 21.3 Å². The second-order valence-corrected chi connectivity index (χ2v) is 7.60. The third-order valence-electron chi connectivity index (χ3n) is 4.10. The lowest BCUT2D eigenvalue weighted by atomic mass is 10.1. The van der Waals surface area contributed by atoms with Crippen molar-refractivity contribution in [1.82, 2.24) is 15.1 Å². The van der Waals surface area contributed by atoms with E-state index in [1.54, 1.807) is 12.1 Å². The van der Waals surface area contributed by atoms with Crippen LogP contribution in [0.3, 0.4) is 0 Å². The summed E-state index contributed by atoms with van der Waals surface area (Å²) in [5.41, 5.74) is 3.88. The molecule has 3 aromatic rings. The van der Waals surface area contributed by atoms with Crippen molar-refractivity contribution in [3.05, 3.63) is 80.1 Å². The molecule has 0 aliphatic heterocycles. The number of para-hydroxylation sites is 1. The molecule has 2 aromatic carbocycles. The molecule has 1 aromatic heterocycles. The zero-order chi connectivity index (χ0) is 18.5. The van der Waals surface area contributed by atoms with Crippen LogP contribution >= 0.6 is 34.2 Å². The number of hydrogen-bond acceptors (Lipinski definition) is 2. The summed E-state index contributed by atoms with van der Waals surface area (Å²) < 4.78 is 2.79. The smallest absolute Gasteiger partial charge is 0.252 e. The summed E-state index contributed by atoms with van der Waals surface area (Å²) in [4.78, 5) is 12.3. The number of benzene rings is 2. The van der Waals surface area contributed by atoms with Gasteiger partial charge in [-0.25, -0.2) is 4.68 Å². The number of aryl methyl sites for hydroxylation is 2. The van der Waals surface area contributed by atoms with Gasteiger partial charge in [0.05, 0.1) is 16.9 Å². The highest BCUT2D eigenvalue weighted by atomic mass is 127. The first-order valence-electron chi connectivity index (χ1n) is 8.38. The fourth-order valence-electron chi connectivity index (χ4n) is 2.70. The Hall–Kier alpha value is -1.86. The highest BCUT2D eigenvalue weighted by Gasteiger charge is 2.11. The molecule has 0 radical (unpaired) electrons. The van der Waals surface area contributed by atoms with E-state index in [0.717, 1.165) is 27.8 Å². The van der Waals surface area contributed by atoms with Crippen LogP contribution in [0.25, 0.3) is 5.69 Å². The Balaban J connectivity index is 1.55. The molecular formula is C20H19ClIN3O. The minimum atomic E-state index is -0.0893. The predicted molar refractivity (Wildman–Crippen MR) is 113 cm³/mol. The van der Waals surface area contributed by atoms with Gasteiger partial charge in [-0.3, -0.25) is 4.79 Å². The lowest BCUT2D eigenvalue weighted by Crippen LogP contribution is -2.25. The lowest BCUT2D eigenvalue weighted by Gasteiger charge is -2.07. The average Bonchev–Trinajstić information content (AvgIpc) is 3.02. The van der Waals surface area contributed by atoms with E-state index in [0.29, 0.717) is 17.1 Å². The zero-order valence-corrected chi connectivity index (χ0v) is 17.3. The first kappa shape index (κ1) is 18.9. The summed E-state index contributed by atoms with van der Waals surface area (Å²) in [6, 6.07) is 15.4. The Labute approximate surface area is 171 Å². The van der Waals surface area contributed by atoms with E-state index in [2.05, 4.69) is 39.2 Å². The standard InChI is InChI=1S/C20H19ClIN3O/c1-14-15(13-25(24-14)17-7-3-2-4-8-17)6-5-11-23-20(26)18-12-16(21)9-10-19(18)22/h2-4,7-10,12-13H,5-6,11H2,1H3,(H,23,26). The number of nitrogens with one attached hydrogen (secondary N) is 1. The molecule has 6 heteroatoms. The van der Waals surface area contributed by atoms with Crippen LogP contribution in [0.2, 0.25) is 5.02 Å². The van der Waals surface area contributed by atoms with E-state index in [9.17, 15) is 4.79 Å². The highest BCUT2D eigenvalue weighted by molar-refractivity contribution is 14.1. The summed E-state index contributed by atoms with van der Waals surface area (Å²) in [6.07, 6.45) is 3.78. The molecule has 0 spiro atoms. The van der Waals surface area contributed by atoms with E-state index >= 15 is 0 Å². The number of rotatable bonds is 6. The molecule has 1 heterocycles. The maximum atomic E-state index is 12.3. The largest absolute Gasteiger partial charge is 0.352 e. The van der Waals surface area contributed by atoms with Crippen molar-refractivity contribution in [3.8, 4) is 5.69 Å². The fourth-order valence-corrected chi connectivity index (χ4v) is 3.45. The number of hydrogen-bond donors (Lipinski definition) is 1. The van der Waals surface area contributed by atoms with Gasteiger partial charge in [-0.1, -0.05) is 29.8 Å². The summed E-state index contributed by atoms with van der Waals surface area (Å²) >= 11 is 8.12. The minimum absolute atomic E-state index is 0.0893.